The van der Waals surface area contributed by atoms with Crippen molar-refractivity contribution in [1.29, 1.82) is 0 Å². The lowest BCUT2D eigenvalue weighted by atomic mass is 10.3. The van der Waals surface area contributed by atoms with Crippen LogP contribution < -0.4 is 11.2 Å². The van der Waals surface area contributed by atoms with Crippen LogP contribution in [0.1, 0.15) is 45.6 Å². The van der Waals surface area contributed by atoms with Crippen molar-refractivity contribution in [2.24, 2.45) is 12.0 Å². The maximum atomic E-state index is 12.4. The summed E-state index contributed by atoms with van der Waals surface area (Å²) in [5.74, 6) is 0.845. The van der Waals surface area contributed by atoms with Crippen LogP contribution in [0.4, 0.5) is 5.82 Å². The van der Waals surface area contributed by atoms with E-state index in [0.29, 0.717) is 30.1 Å². The van der Waals surface area contributed by atoms with Gasteiger partial charge in [-0.25, -0.2) is 4.79 Å². The van der Waals surface area contributed by atoms with Crippen LogP contribution in [0.25, 0.3) is 0 Å². The Hall–Kier alpha value is -1.89. The molecule has 7 heteroatoms. The zero-order valence-electron chi connectivity index (χ0n) is 14.6. The maximum absolute atomic E-state index is 12.4. The fourth-order valence-corrected chi connectivity index (χ4v) is 2.24. The summed E-state index contributed by atoms with van der Waals surface area (Å²) >= 11 is 0. The van der Waals surface area contributed by atoms with Gasteiger partial charge in [-0.05, 0) is 33.6 Å². The van der Waals surface area contributed by atoms with Gasteiger partial charge in [-0.1, -0.05) is 6.92 Å². The van der Waals surface area contributed by atoms with Crippen molar-refractivity contribution in [3.8, 4) is 0 Å². The Bertz CT molecular complexity index is 634. The quantitative estimate of drug-likeness (QED) is 0.608. The van der Waals surface area contributed by atoms with Crippen LogP contribution in [0, 0.1) is 6.92 Å². The van der Waals surface area contributed by atoms with Gasteiger partial charge in [-0.15, -0.1) is 0 Å². The first-order chi connectivity index (χ1) is 10.8. The van der Waals surface area contributed by atoms with Crippen LogP contribution in [-0.2, 0) is 18.3 Å². The summed E-state index contributed by atoms with van der Waals surface area (Å²) in [5.41, 5.74) is -0.417. The van der Waals surface area contributed by atoms with Crippen molar-refractivity contribution >= 4 is 11.7 Å². The van der Waals surface area contributed by atoms with E-state index in [-0.39, 0.29) is 24.8 Å². The van der Waals surface area contributed by atoms with Gasteiger partial charge in [-0.3, -0.25) is 13.9 Å². The molecule has 0 radical (unpaired) electrons. The molecule has 0 aromatic carbocycles. The Balaban J connectivity index is 3.42. The number of aromatic nitrogens is 2. The highest BCUT2D eigenvalue weighted by Gasteiger charge is 2.15. The van der Waals surface area contributed by atoms with Crippen LogP contribution in [-0.4, -0.2) is 32.8 Å². The molecule has 7 nitrogen and oxygen atoms in total. The largest absolute Gasteiger partial charge is 0.478 e. The summed E-state index contributed by atoms with van der Waals surface area (Å²) in [6.07, 6.45) is 1.82. The fourth-order valence-electron chi connectivity index (χ4n) is 2.24. The molecule has 0 spiro atoms. The second-order valence-electron chi connectivity index (χ2n) is 5.75. The highest BCUT2D eigenvalue weighted by molar-refractivity contribution is 5.79. The lowest BCUT2D eigenvalue weighted by Gasteiger charge is -2.15. The third kappa shape index (κ3) is 4.79. The fraction of sp³-hybridized carbons (Fsp3) is 0.688. The van der Waals surface area contributed by atoms with Crippen molar-refractivity contribution in [2.75, 3.05) is 6.61 Å². The molecule has 0 amide bonds. The molecule has 0 atom stereocenters. The predicted molar refractivity (Wildman–Crippen MR) is 90.6 cm³/mol. The van der Waals surface area contributed by atoms with E-state index in [1.54, 1.807) is 14.0 Å². The first-order valence-corrected chi connectivity index (χ1v) is 7.98. The van der Waals surface area contributed by atoms with E-state index in [2.05, 4.69) is 4.99 Å². The van der Waals surface area contributed by atoms with Crippen LogP contribution in [0.2, 0.25) is 0 Å². The van der Waals surface area contributed by atoms with Crippen molar-refractivity contribution in [2.45, 2.75) is 59.6 Å². The number of nitrogens with zero attached hydrogens (tertiary/aromatic N) is 3. The normalized spacial score (nSPS) is 12.0. The molecule has 0 saturated heterocycles. The van der Waals surface area contributed by atoms with E-state index in [4.69, 9.17) is 9.84 Å². The zero-order chi connectivity index (χ0) is 17.6. The van der Waals surface area contributed by atoms with Crippen molar-refractivity contribution in [1.82, 2.24) is 9.13 Å². The Kier molecular flexibility index (Phi) is 7.22. The van der Waals surface area contributed by atoms with Gasteiger partial charge in [0.05, 0.1) is 11.7 Å². The monoisotopic (exact) mass is 325 g/mol. The molecule has 23 heavy (non-hydrogen) atoms. The smallest absolute Gasteiger partial charge is 0.332 e. The molecule has 1 aromatic heterocycles. The van der Waals surface area contributed by atoms with E-state index in [9.17, 15) is 9.59 Å². The van der Waals surface area contributed by atoms with Crippen LogP contribution in [0.3, 0.4) is 0 Å². The molecule has 0 saturated carbocycles. The Morgan fingerprint density at radius 3 is 2.52 bits per heavy atom. The van der Waals surface area contributed by atoms with Crippen molar-refractivity contribution in [3.63, 3.8) is 0 Å². The van der Waals surface area contributed by atoms with E-state index in [0.717, 1.165) is 11.0 Å². The molecule has 1 rings (SSSR count). The summed E-state index contributed by atoms with van der Waals surface area (Å²) in [6.45, 7) is 7.59. The second kappa shape index (κ2) is 8.67. The summed E-state index contributed by atoms with van der Waals surface area (Å²) in [4.78, 5) is 29.2. The number of aliphatic hydroxyl groups is 1. The number of aliphatic imine (C=N–C) groups is 1. The molecule has 0 fully saturated rings. The summed E-state index contributed by atoms with van der Waals surface area (Å²) in [5, 5.41) is 8.90. The first-order valence-electron chi connectivity index (χ1n) is 7.98. The molecule has 0 bridgehead atoms. The van der Waals surface area contributed by atoms with E-state index < -0.39 is 5.69 Å². The number of rotatable bonds is 7. The third-order valence-electron chi connectivity index (χ3n) is 3.34. The van der Waals surface area contributed by atoms with Gasteiger partial charge in [0.2, 0.25) is 0 Å². The van der Waals surface area contributed by atoms with E-state index in [1.807, 2.05) is 20.8 Å². The molecule has 0 unspecified atom stereocenters. The summed E-state index contributed by atoms with van der Waals surface area (Å²) < 4.78 is 8.16. The van der Waals surface area contributed by atoms with Gasteiger partial charge in [-0.2, -0.15) is 4.99 Å². The number of aliphatic hydroxyl groups excluding tert-OH is 1. The second-order valence-corrected chi connectivity index (χ2v) is 5.75. The van der Waals surface area contributed by atoms with Gasteiger partial charge >= 0.3 is 5.69 Å². The molecule has 130 valence electrons. The molecular weight excluding hydrogens is 298 g/mol. The zero-order valence-corrected chi connectivity index (χ0v) is 14.6. The Labute approximate surface area is 136 Å². The minimum absolute atomic E-state index is 0.0254. The Morgan fingerprint density at radius 2 is 2.00 bits per heavy atom. The molecule has 1 heterocycles. The predicted octanol–water partition coefficient (Wildman–Crippen LogP) is 1.49. The van der Waals surface area contributed by atoms with Gasteiger partial charge in [0.1, 0.15) is 5.82 Å². The number of ether oxygens (including phenoxy) is 1. The minimum Gasteiger partial charge on any atom is -0.478 e. The van der Waals surface area contributed by atoms with Gasteiger partial charge < -0.3 is 9.84 Å². The molecule has 1 N–H and O–H groups in total. The lowest BCUT2D eigenvalue weighted by molar-refractivity contribution is 0.221. The maximum Gasteiger partial charge on any atom is 0.332 e. The minimum atomic E-state index is -0.437. The van der Waals surface area contributed by atoms with Crippen molar-refractivity contribution < 1.29 is 9.84 Å². The van der Waals surface area contributed by atoms with Crippen LogP contribution in [0.15, 0.2) is 14.6 Å². The number of hydrogen-bond acceptors (Lipinski definition) is 5. The van der Waals surface area contributed by atoms with Crippen LogP contribution >= 0.6 is 0 Å². The average Bonchev–Trinajstić information content (AvgIpc) is 2.49. The molecular formula is C16H27N3O4. The Morgan fingerprint density at radius 1 is 1.35 bits per heavy atom. The standard InChI is InChI=1S/C16H27N3O4/c1-6-8-13(23-11(2)3)17-14-12(4)15(21)19(9-7-10-20)16(22)18(14)5/h11,20H,6-10H2,1-5H3/b17-13+. The van der Waals surface area contributed by atoms with Crippen molar-refractivity contribution in [3.05, 3.63) is 26.4 Å². The molecule has 0 aliphatic heterocycles. The number of hydrogen-bond donors (Lipinski definition) is 1. The van der Waals surface area contributed by atoms with Gasteiger partial charge in [0, 0.05) is 26.6 Å². The van der Waals surface area contributed by atoms with Crippen LogP contribution in [0.5, 0.6) is 0 Å². The first kappa shape index (κ1) is 19.2. The SMILES string of the molecule is CCC/C(=N\c1c(C)c(=O)n(CCCO)c(=O)n1C)OC(C)C. The van der Waals surface area contributed by atoms with Gasteiger partial charge in [0.15, 0.2) is 5.90 Å². The highest BCUT2D eigenvalue weighted by atomic mass is 16.5. The van der Waals surface area contributed by atoms with E-state index >= 15 is 0 Å². The lowest BCUT2D eigenvalue weighted by Crippen LogP contribution is -2.40. The topological polar surface area (TPSA) is 85.8 Å². The highest BCUT2D eigenvalue weighted by Crippen LogP contribution is 2.14. The summed E-state index contributed by atoms with van der Waals surface area (Å²) in [6, 6.07) is 0. The van der Waals surface area contributed by atoms with Gasteiger partial charge in [0.25, 0.3) is 5.56 Å². The molecule has 0 aliphatic rings. The third-order valence-corrected chi connectivity index (χ3v) is 3.34. The summed E-state index contributed by atoms with van der Waals surface area (Å²) in [7, 11) is 1.59. The molecule has 1 aromatic rings. The van der Waals surface area contributed by atoms with E-state index in [1.165, 1.54) is 4.57 Å². The molecule has 0 aliphatic carbocycles. The average molecular weight is 325 g/mol.